The Morgan fingerprint density at radius 2 is 1.79 bits per heavy atom. The van der Waals surface area contributed by atoms with Crippen LogP contribution in [0.2, 0.25) is 10.0 Å². The number of nitrogens with one attached hydrogen (secondary N) is 1. The van der Waals surface area contributed by atoms with Crippen LogP contribution in [0.25, 0.3) is 10.8 Å². The van der Waals surface area contributed by atoms with Crippen LogP contribution in [-0.2, 0) is 13.2 Å². The second-order valence-corrected chi connectivity index (χ2v) is 7.87. The Bertz CT molecular complexity index is 910. The van der Waals surface area contributed by atoms with E-state index in [0.29, 0.717) is 16.7 Å². The van der Waals surface area contributed by atoms with E-state index in [1.54, 1.807) is 6.07 Å². The monoisotopic (exact) mass is 415 g/mol. The summed E-state index contributed by atoms with van der Waals surface area (Å²) in [4.78, 5) is 0. The van der Waals surface area contributed by atoms with E-state index in [1.165, 1.54) is 42.0 Å². The Hall–Kier alpha value is -1.74. The predicted molar refractivity (Wildman–Crippen MR) is 121 cm³/mol. The molecular weight excluding hydrogens is 389 g/mol. The maximum atomic E-state index is 6.30. The van der Waals surface area contributed by atoms with Gasteiger partial charge in [-0.15, -0.1) is 0 Å². The van der Waals surface area contributed by atoms with E-state index in [-0.39, 0.29) is 0 Å². The lowest BCUT2D eigenvalue weighted by Gasteiger charge is -2.16. The molecule has 0 saturated carbocycles. The molecule has 0 radical (unpaired) electrons. The van der Waals surface area contributed by atoms with Gasteiger partial charge in [-0.05, 0) is 41.9 Å². The van der Waals surface area contributed by atoms with Crippen LogP contribution in [-0.4, -0.2) is 6.54 Å². The van der Waals surface area contributed by atoms with Gasteiger partial charge in [0.15, 0.2) is 0 Å². The fourth-order valence-electron chi connectivity index (χ4n) is 3.32. The number of fused-ring (bicyclic) bond motifs is 1. The van der Waals surface area contributed by atoms with E-state index in [9.17, 15) is 0 Å². The topological polar surface area (TPSA) is 21.3 Å². The average molecular weight is 416 g/mol. The minimum atomic E-state index is 0.415. The first-order valence-electron chi connectivity index (χ1n) is 9.97. The zero-order valence-electron chi connectivity index (χ0n) is 16.3. The van der Waals surface area contributed by atoms with E-state index < -0.39 is 0 Å². The summed E-state index contributed by atoms with van der Waals surface area (Å²) >= 11 is 12.3. The smallest absolute Gasteiger partial charge is 0.124 e. The zero-order chi connectivity index (χ0) is 19.8. The largest absolute Gasteiger partial charge is 0.488 e. The fourth-order valence-corrected chi connectivity index (χ4v) is 3.78. The maximum Gasteiger partial charge on any atom is 0.124 e. The SMILES string of the molecule is CCCCCCNCc1c(OCc2ccc(Cl)cc2Cl)ccc2ccccc12. The van der Waals surface area contributed by atoms with Crippen LogP contribution in [0, 0.1) is 0 Å². The van der Waals surface area contributed by atoms with Gasteiger partial charge in [0.05, 0.1) is 0 Å². The quantitative estimate of drug-likeness (QED) is 0.348. The Labute approximate surface area is 177 Å². The van der Waals surface area contributed by atoms with Gasteiger partial charge < -0.3 is 10.1 Å². The van der Waals surface area contributed by atoms with Crippen LogP contribution in [0.3, 0.4) is 0 Å². The molecule has 3 rings (SSSR count). The van der Waals surface area contributed by atoms with E-state index in [1.807, 2.05) is 12.1 Å². The number of hydrogen-bond donors (Lipinski definition) is 1. The lowest BCUT2D eigenvalue weighted by molar-refractivity contribution is 0.303. The van der Waals surface area contributed by atoms with E-state index in [0.717, 1.165) is 24.4 Å². The van der Waals surface area contributed by atoms with Crippen molar-refractivity contribution in [1.82, 2.24) is 5.32 Å². The maximum absolute atomic E-state index is 6.30. The van der Waals surface area contributed by atoms with E-state index >= 15 is 0 Å². The number of rotatable bonds is 10. The molecule has 0 aliphatic carbocycles. The lowest BCUT2D eigenvalue weighted by Crippen LogP contribution is -2.16. The molecule has 0 bridgehead atoms. The molecule has 0 fully saturated rings. The lowest BCUT2D eigenvalue weighted by atomic mass is 10.0. The molecule has 0 amide bonds. The van der Waals surface area contributed by atoms with Gasteiger partial charge >= 0.3 is 0 Å². The number of halogens is 2. The number of unbranched alkanes of at least 4 members (excludes halogenated alkanes) is 3. The van der Waals surface area contributed by atoms with Crippen molar-refractivity contribution in [3.63, 3.8) is 0 Å². The van der Waals surface area contributed by atoms with Crippen LogP contribution in [0.4, 0.5) is 0 Å². The van der Waals surface area contributed by atoms with Gasteiger partial charge in [0, 0.05) is 27.7 Å². The highest BCUT2D eigenvalue weighted by molar-refractivity contribution is 6.35. The summed E-state index contributed by atoms with van der Waals surface area (Å²) < 4.78 is 6.18. The van der Waals surface area contributed by atoms with Gasteiger partial charge in [-0.1, -0.05) is 85.8 Å². The molecule has 3 aromatic carbocycles. The van der Waals surface area contributed by atoms with Crippen molar-refractivity contribution >= 4 is 34.0 Å². The highest BCUT2D eigenvalue weighted by Crippen LogP contribution is 2.30. The first kappa shape index (κ1) is 21.0. The third kappa shape index (κ3) is 5.64. The van der Waals surface area contributed by atoms with Crippen molar-refractivity contribution in [2.75, 3.05) is 6.54 Å². The molecule has 1 N–H and O–H groups in total. The van der Waals surface area contributed by atoms with Gasteiger partial charge in [0.1, 0.15) is 12.4 Å². The van der Waals surface area contributed by atoms with Crippen molar-refractivity contribution < 1.29 is 4.74 Å². The van der Waals surface area contributed by atoms with Crippen molar-refractivity contribution in [1.29, 1.82) is 0 Å². The van der Waals surface area contributed by atoms with Crippen LogP contribution >= 0.6 is 23.2 Å². The van der Waals surface area contributed by atoms with E-state index in [4.69, 9.17) is 27.9 Å². The summed E-state index contributed by atoms with van der Waals surface area (Å²) in [6, 6.07) is 18.1. The Balaban J connectivity index is 1.74. The third-order valence-corrected chi connectivity index (χ3v) is 5.49. The summed E-state index contributed by atoms with van der Waals surface area (Å²) in [5.41, 5.74) is 2.12. The van der Waals surface area contributed by atoms with Crippen molar-refractivity contribution in [3.05, 3.63) is 75.8 Å². The molecule has 0 atom stereocenters. The fraction of sp³-hybridized carbons (Fsp3) is 0.333. The second kappa shape index (κ2) is 10.7. The van der Waals surface area contributed by atoms with Crippen LogP contribution in [0.5, 0.6) is 5.75 Å². The minimum Gasteiger partial charge on any atom is -0.488 e. The molecule has 2 nitrogen and oxygen atoms in total. The molecule has 0 unspecified atom stereocenters. The summed E-state index contributed by atoms with van der Waals surface area (Å²) in [5.74, 6) is 0.894. The number of hydrogen-bond acceptors (Lipinski definition) is 2. The van der Waals surface area contributed by atoms with Gasteiger partial charge in [-0.3, -0.25) is 0 Å². The summed E-state index contributed by atoms with van der Waals surface area (Å²) in [5, 5.41) is 7.30. The highest BCUT2D eigenvalue weighted by atomic mass is 35.5. The average Bonchev–Trinajstić information content (AvgIpc) is 2.70. The first-order valence-corrected chi connectivity index (χ1v) is 10.7. The molecule has 0 aromatic heterocycles. The molecule has 0 spiro atoms. The molecule has 0 aliphatic heterocycles. The van der Waals surface area contributed by atoms with Crippen LogP contribution in [0.1, 0.15) is 43.7 Å². The summed E-state index contributed by atoms with van der Waals surface area (Å²) in [6.45, 7) is 4.46. The number of ether oxygens (including phenoxy) is 1. The molecule has 4 heteroatoms. The number of benzene rings is 3. The molecule has 0 aliphatic rings. The molecule has 0 heterocycles. The summed E-state index contributed by atoms with van der Waals surface area (Å²) in [6.07, 6.45) is 5.04. The third-order valence-electron chi connectivity index (χ3n) is 4.90. The zero-order valence-corrected chi connectivity index (χ0v) is 17.8. The summed E-state index contributed by atoms with van der Waals surface area (Å²) in [7, 11) is 0. The van der Waals surface area contributed by atoms with Gasteiger partial charge in [-0.2, -0.15) is 0 Å². The Kier molecular flexibility index (Phi) is 8.02. The molecule has 148 valence electrons. The minimum absolute atomic E-state index is 0.415. The van der Waals surface area contributed by atoms with E-state index in [2.05, 4.69) is 48.6 Å². The van der Waals surface area contributed by atoms with Gasteiger partial charge in [0.25, 0.3) is 0 Å². The van der Waals surface area contributed by atoms with Crippen LogP contribution in [0.15, 0.2) is 54.6 Å². The Morgan fingerprint density at radius 1 is 0.929 bits per heavy atom. The normalized spacial score (nSPS) is 11.1. The van der Waals surface area contributed by atoms with Crippen molar-refractivity contribution in [2.45, 2.75) is 45.8 Å². The van der Waals surface area contributed by atoms with Crippen molar-refractivity contribution in [2.24, 2.45) is 0 Å². The predicted octanol–water partition coefficient (Wildman–Crippen LogP) is 7.40. The van der Waals surface area contributed by atoms with Crippen molar-refractivity contribution in [3.8, 4) is 5.75 Å². The highest BCUT2D eigenvalue weighted by Gasteiger charge is 2.10. The van der Waals surface area contributed by atoms with Crippen LogP contribution < -0.4 is 10.1 Å². The standard InChI is InChI=1S/C24H27Cl2NO/c1-2-3-4-7-14-27-16-22-21-9-6-5-8-18(21)11-13-24(22)28-17-19-10-12-20(25)15-23(19)26/h5-6,8-13,15,27H,2-4,7,14,16-17H2,1H3. The Morgan fingerprint density at radius 3 is 2.61 bits per heavy atom. The van der Waals surface area contributed by atoms with Gasteiger partial charge in [-0.25, -0.2) is 0 Å². The van der Waals surface area contributed by atoms with Gasteiger partial charge in [0.2, 0.25) is 0 Å². The molecule has 28 heavy (non-hydrogen) atoms. The first-order chi connectivity index (χ1) is 13.7. The molecule has 0 saturated heterocycles. The molecular formula is C24H27Cl2NO. The molecule has 3 aromatic rings. The second-order valence-electron chi connectivity index (χ2n) is 7.03.